The largest absolute Gasteiger partial charge is 0.416 e. The first-order valence-corrected chi connectivity index (χ1v) is 10.4. The number of H-pyrrole nitrogens is 1. The van der Waals surface area contributed by atoms with Crippen molar-refractivity contribution in [1.82, 2.24) is 15.6 Å². The molecule has 4 rings (SSSR count). The van der Waals surface area contributed by atoms with Crippen molar-refractivity contribution >= 4 is 28.8 Å². The van der Waals surface area contributed by atoms with Gasteiger partial charge in [0.2, 0.25) is 0 Å². The van der Waals surface area contributed by atoms with Crippen molar-refractivity contribution in [3.8, 4) is 0 Å². The fourth-order valence-corrected chi connectivity index (χ4v) is 3.40. The number of hydrogen-bond acceptors (Lipinski definition) is 2. The van der Waals surface area contributed by atoms with E-state index >= 15 is 0 Å². The van der Waals surface area contributed by atoms with Crippen LogP contribution in [-0.2, 0) is 17.5 Å². The molecule has 5 nitrogen and oxygen atoms in total. The zero-order valence-corrected chi connectivity index (χ0v) is 17.8. The topological polar surface area (TPSA) is 74.0 Å². The van der Waals surface area contributed by atoms with Crippen molar-refractivity contribution in [1.29, 1.82) is 0 Å². The maximum Gasteiger partial charge on any atom is 0.416 e. The molecule has 0 aliphatic heterocycles. The van der Waals surface area contributed by atoms with Crippen molar-refractivity contribution in [3.05, 3.63) is 113 Å². The van der Waals surface area contributed by atoms with Gasteiger partial charge in [0, 0.05) is 34.8 Å². The Hall–Kier alpha value is -4.33. The van der Waals surface area contributed by atoms with E-state index in [1.165, 1.54) is 12.1 Å². The standard InChI is InChI=1S/C26H20F3N3O2/c27-26(28,29)20-12-10-17(11-13-20)15-31-25(34)23(32-24(33)18-6-2-1-3-7-18)14-19-16-30-22-9-5-4-8-21(19)22/h1-14,16,30H,15H2,(H,31,34)(H,32,33). The number of carbonyl (C=O) groups is 2. The molecule has 0 unspecified atom stereocenters. The lowest BCUT2D eigenvalue weighted by atomic mass is 10.1. The number of carbonyl (C=O) groups excluding carboxylic acids is 2. The lowest BCUT2D eigenvalue weighted by Crippen LogP contribution is -2.34. The van der Waals surface area contributed by atoms with Crippen molar-refractivity contribution in [2.45, 2.75) is 12.7 Å². The Morgan fingerprint density at radius 3 is 2.26 bits per heavy atom. The first kappa shape index (κ1) is 22.8. The van der Waals surface area contributed by atoms with Crippen LogP contribution in [-0.4, -0.2) is 16.8 Å². The molecule has 3 aromatic carbocycles. The number of halogens is 3. The van der Waals surface area contributed by atoms with Crippen LogP contribution in [0.15, 0.2) is 90.8 Å². The summed E-state index contributed by atoms with van der Waals surface area (Å²) in [4.78, 5) is 28.8. The maximum absolute atomic E-state index is 13.0. The average Bonchev–Trinajstić information content (AvgIpc) is 3.25. The number of aromatic nitrogens is 1. The van der Waals surface area contributed by atoms with Crippen LogP contribution in [0.1, 0.15) is 27.0 Å². The molecule has 0 saturated heterocycles. The van der Waals surface area contributed by atoms with Gasteiger partial charge in [-0.1, -0.05) is 48.5 Å². The van der Waals surface area contributed by atoms with E-state index in [4.69, 9.17) is 0 Å². The molecule has 1 heterocycles. The minimum Gasteiger partial charge on any atom is -0.361 e. The molecular weight excluding hydrogens is 443 g/mol. The third-order valence-corrected chi connectivity index (χ3v) is 5.18. The molecule has 0 fully saturated rings. The molecule has 0 atom stereocenters. The highest BCUT2D eigenvalue weighted by Gasteiger charge is 2.29. The minimum absolute atomic E-state index is 0.00511. The van der Waals surface area contributed by atoms with Crippen LogP contribution >= 0.6 is 0 Å². The molecule has 1 aromatic heterocycles. The number of amides is 2. The van der Waals surface area contributed by atoms with E-state index in [0.29, 0.717) is 16.7 Å². The highest BCUT2D eigenvalue weighted by atomic mass is 19.4. The Morgan fingerprint density at radius 2 is 1.56 bits per heavy atom. The lowest BCUT2D eigenvalue weighted by Gasteiger charge is -2.12. The van der Waals surface area contributed by atoms with E-state index in [2.05, 4.69) is 15.6 Å². The Labute approximate surface area is 193 Å². The minimum atomic E-state index is -4.43. The van der Waals surface area contributed by atoms with Crippen molar-refractivity contribution in [2.24, 2.45) is 0 Å². The summed E-state index contributed by atoms with van der Waals surface area (Å²) in [6.07, 6.45) is -1.15. The van der Waals surface area contributed by atoms with E-state index in [-0.39, 0.29) is 12.2 Å². The summed E-state index contributed by atoms with van der Waals surface area (Å²) in [6, 6.07) is 20.5. The Balaban J connectivity index is 1.57. The van der Waals surface area contributed by atoms with Gasteiger partial charge in [-0.25, -0.2) is 0 Å². The van der Waals surface area contributed by atoms with Crippen molar-refractivity contribution < 1.29 is 22.8 Å². The number of alkyl halides is 3. The van der Waals surface area contributed by atoms with E-state index < -0.39 is 23.6 Å². The molecule has 4 aromatic rings. The number of nitrogens with one attached hydrogen (secondary N) is 3. The first-order chi connectivity index (χ1) is 16.3. The van der Waals surface area contributed by atoms with Crippen LogP contribution in [0.2, 0.25) is 0 Å². The van der Waals surface area contributed by atoms with Crippen molar-refractivity contribution in [3.63, 3.8) is 0 Å². The summed E-state index contributed by atoms with van der Waals surface area (Å²) in [6.45, 7) is -0.0105. The molecule has 0 aliphatic carbocycles. The SMILES string of the molecule is O=C(NCc1ccc(C(F)(F)F)cc1)C(=Cc1c[nH]c2ccccc12)NC(=O)c1ccccc1. The summed E-state index contributed by atoms with van der Waals surface area (Å²) in [7, 11) is 0. The molecular formula is C26H20F3N3O2. The Kier molecular flexibility index (Phi) is 6.49. The van der Waals surface area contributed by atoms with E-state index in [9.17, 15) is 22.8 Å². The summed E-state index contributed by atoms with van der Waals surface area (Å²) in [5, 5.41) is 6.18. The lowest BCUT2D eigenvalue weighted by molar-refractivity contribution is -0.137. The number of hydrogen-bond donors (Lipinski definition) is 3. The fourth-order valence-electron chi connectivity index (χ4n) is 3.40. The van der Waals surface area contributed by atoms with Gasteiger partial charge in [0.25, 0.3) is 11.8 Å². The van der Waals surface area contributed by atoms with Crippen LogP contribution in [0.25, 0.3) is 17.0 Å². The Morgan fingerprint density at radius 1 is 0.882 bits per heavy atom. The second-order valence-corrected chi connectivity index (χ2v) is 7.55. The molecule has 8 heteroatoms. The second-order valence-electron chi connectivity index (χ2n) is 7.55. The second kappa shape index (κ2) is 9.66. The summed E-state index contributed by atoms with van der Waals surface area (Å²) in [5.41, 5.74) is 1.67. The van der Waals surface area contributed by atoms with Crippen LogP contribution in [0, 0.1) is 0 Å². The highest BCUT2D eigenvalue weighted by Crippen LogP contribution is 2.29. The molecule has 0 bridgehead atoms. The molecule has 0 spiro atoms. The van der Waals surface area contributed by atoms with E-state index in [1.807, 2.05) is 24.3 Å². The summed E-state index contributed by atoms with van der Waals surface area (Å²) < 4.78 is 38.3. The fraction of sp³-hybridized carbons (Fsp3) is 0.0769. The van der Waals surface area contributed by atoms with E-state index in [1.54, 1.807) is 42.6 Å². The van der Waals surface area contributed by atoms with Crippen LogP contribution in [0.4, 0.5) is 13.2 Å². The van der Waals surface area contributed by atoms with Gasteiger partial charge in [-0.15, -0.1) is 0 Å². The predicted octanol–water partition coefficient (Wildman–Crippen LogP) is 5.27. The number of benzene rings is 3. The predicted molar refractivity (Wildman–Crippen MR) is 123 cm³/mol. The van der Waals surface area contributed by atoms with Gasteiger partial charge in [-0.3, -0.25) is 9.59 Å². The van der Waals surface area contributed by atoms with Crippen LogP contribution < -0.4 is 10.6 Å². The van der Waals surface area contributed by atoms with Gasteiger partial charge in [-0.05, 0) is 42.0 Å². The van der Waals surface area contributed by atoms with E-state index in [0.717, 1.165) is 23.0 Å². The first-order valence-electron chi connectivity index (χ1n) is 10.4. The molecule has 3 N–H and O–H groups in total. The van der Waals surface area contributed by atoms with Crippen LogP contribution in [0.3, 0.4) is 0 Å². The number of fused-ring (bicyclic) bond motifs is 1. The molecule has 0 saturated carbocycles. The molecule has 0 aliphatic rings. The number of para-hydroxylation sites is 1. The molecule has 172 valence electrons. The zero-order valence-electron chi connectivity index (χ0n) is 17.8. The molecule has 34 heavy (non-hydrogen) atoms. The summed E-state index contributed by atoms with van der Waals surface area (Å²) in [5.74, 6) is -1.04. The van der Waals surface area contributed by atoms with Gasteiger partial charge >= 0.3 is 6.18 Å². The normalized spacial score (nSPS) is 11.9. The monoisotopic (exact) mass is 463 g/mol. The smallest absolute Gasteiger partial charge is 0.361 e. The summed E-state index contributed by atoms with van der Waals surface area (Å²) >= 11 is 0. The van der Waals surface area contributed by atoms with Gasteiger partial charge in [0.05, 0.1) is 5.56 Å². The Bertz CT molecular complexity index is 1340. The maximum atomic E-state index is 13.0. The number of rotatable bonds is 6. The van der Waals surface area contributed by atoms with Gasteiger partial charge in [-0.2, -0.15) is 13.2 Å². The van der Waals surface area contributed by atoms with Gasteiger partial charge < -0.3 is 15.6 Å². The quantitative estimate of drug-likeness (QED) is 0.341. The number of aromatic amines is 1. The van der Waals surface area contributed by atoms with Gasteiger partial charge in [0.15, 0.2) is 0 Å². The van der Waals surface area contributed by atoms with Crippen molar-refractivity contribution in [2.75, 3.05) is 0 Å². The zero-order chi connectivity index (χ0) is 24.1. The highest BCUT2D eigenvalue weighted by molar-refractivity contribution is 6.06. The average molecular weight is 463 g/mol. The van der Waals surface area contributed by atoms with Gasteiger partial charge in [0.1, 0.15) is 5.70 Å². The molecule has 2 amide bonds. The molecule has 0 radical (unpaired) electrons. The van der Waals surface area contributed by atoms with Crippen LogP contribution in [0.5, 0.6) is 0 Å². The third kappa shape index (κ3) is 5.35. The third-order valence-electron chi connectivity index (χ3n) is 5.18.